The fraction of sp³-hybridized carbons (Fsp3) is 0.263. The maximum atomic E-state index is 12.4. The van der Waals surface area contributed by atoms with E-state index in [1.54, 1.807) is 38.4 Å². The fourth-order valence-corrected chi connectivity index (χ4v) is 2.15. The van der Waals surface area contributed by atoms with E-state index >= 15 is 0 Å². The maximum absolute atomic E-state index is 12.4. The largest absolute Gasteiger partial charge is 0.457 e. The van der Waals surface area contributed by atoms with Crippen molar-refractivity contribution in [3.05, 3.63) is 60.2 Å². The predicted molar refractivity (Wildman–Crippen MR) is 94.8 cm³/mol. The van der Waals surface area contributed by atoms with Crippen molar-refractivity contribution in [3.63, 3.8) is 0 Å². The van der Waals surface area contributed by atoms with Crippen molar-refractivity contribution >= 4 is 11.8 Å². The lowest BCUT2D eigenvalue weighted by Gasteiger charge is -2.17. The number of likely N-dealkylation sites (N-methyl/N-ethyl adjacent to an activating group) is 1. The van der Waals surface area contributed by atoms with E-state index < -0.39 is 0 Å². The molecule has 1 N–H and O–H groups in total. The summed E-state index contributed by atoms with van der Waals surface area (Å²) in [4.78, 5) is 25.5. The SMILES string of the molecule is COCCNC(=O)CN(C)C(=O)c1ccc(Oc2ccccc2)cc1. The Morgan fingerprint density at radius 2 is 1.64 bits per heavy atom. The molecular weight excluding hydrogens is 320 g/mol. The summed E-state index contributed by atoms with van der Waals surface area (Å²) in [6.45, 7) is 0.847. The number of hydrogen-bond donors (Lipinski definition) is 1. The molecule has 0 aliphatic heterocycles. The monoisotopic (exact) mass is 342 g/mol. The van der Waals surface area contributed by atoms with Crippen molar-refractivity contribution in [2.45, 2.75) is 0 Å². The van der Waals surface area contributed by atoms with E-state index in [4.69, 9.17) is 9.47 Å². The molecule has 0 fully saturated rings. The molecule has 0 saturated heterocycles. The summed E-state index contributed by atoms with van der Waals surface area (Å²) in [7, 11) is 3.15. The van der Waals surface area contributed by atoms with Gasteiger partial charge >= 0.3 is 0 Å². The van der Waals surface area contributed by atoms with Crippen molar-refractivity contribution in [1.82, 2.24) is 10.2 Å². The molecular formula is C19H22N2O4. The molecule has 2 amide bonds. The average Bonchev–Trinajstić information content (AvgIpc) is 2.63. The summed E-state index contributed by atoms with van der Waals surface area (Å²) >= 11 is 0. The standard InChI is InChI=1S/C19H22N2O4/c1-21(14-18(22)20-12-13-24-2)19(23)15-8-10-17(11-9-15)25-16-6-4-3-5-7-16/h3-11H,12-14H2,1-2H3,(H,20,22). The van der Waals surface area contributed by atoms with Crippen LogP contribution in [0.25, 0.3) is 0 Å². The fourth-order valence-electron chi connectivity index (χ4n) is 2.15. The van der Waals surface area contributed by atoms with Crippen LogP contribution in [0.4, 0.5) is 0 Å². The summed E-state index contributed by atoms with van der Waals surface area (Å²) < 4.78 is 10.6. The highest BCUT2D eigenvalue weighted by molar-refractivity contribution is 5.96. The number of carbonyl (C=O) groups is 2. The van der Waals surface area contributed by atoms with E-state index in [1.165, 1.54) is 4.90 Å². The normalized spacial score (nSPS) is 10.2. The van der Waals surface area contributed by atoms with Crippen LogP contribution < -0.4 is 10.1 Å². The molecule has 2 aromatic carbocycles. The van der Waals surface area contributed by atoms with Gasteiger partial charge in [-0.15, -0.1) is 0 Å². The van der Waals surface area contributed by atoms with Crippen LogP contribution in [0.2, 0.25) is 0 Å². The van der Waals surface area contributed by atoms with Crippen LogP contribution in [0.5, 0.6) is 11.5 Å². The van der Waals surface area contributed by atoms with Crippen LogP contribution in [0.1, 0.15) is 10.4 Å². The average molecular weight is 342 g/mol. The topological polar surface area (TPSA) is 67.9 Å². The minimum absolute atomic E-state index is 0.00911. The van der Waals surface area contributed by atoms with Gasteiger partial charge in [-0.2, -0.15) is 0 Å². The second kappa shape index (κ2) is 9.44. The Morgan fingerprint density at radius 3 is 2.28 bits per heavy atom. The number of para-hydroxylation sites is 1. The van der Waals surface area contributed by atoms with E-state index in [0.29, 0.717) is 24.5 Å². The lowest BCUT2D eigenvalue weighted by Crippen LogP contribution is -2.39. The molecule has 0 aliphatic rings. The highest BCUT2D eigenvalue weighted by Gasteiger charge is 2.14. The van der Waals surface area contributed by atoms with Gasteiger partial charge < -0.3 is 19.7 Å². The molecule has 0 aliphatic carbocycles. The molecule has 0 spiro atoms. The number of rotatable bonds is 8. The number of nitrogens with zero attached hydrogens (tertiary/aromatic N) is 1. The van der Waals surface area contributed by atoms with Gasteiger partial charge in [0.15, 0.2) is 0 Å². The first-order valence-electron chi connectivity index (χ1n) is 7.94. The summed E-state index contributed by atoms with van der Waals surface area (Å²) in [5.41, 5.74) is 0.493. The highest BCUT2D eigenvalue weighted by atomic mass is 16.5. The van der Waals surface area contributed by atoms with Gasteiger partial charge in [0.1, 0.15) is 11.5 Å². The summed E-state index contributed by atoms with van der Waals surface area (Å²) in [5.74, 6) is 0.916. The van der Waals surface area contributed by atoms with E-state index in [0.717, 1.165) is 5.75 Å². The Morgan fingerprint density at radius 1 is 1.00 bits per heavy atom. The first kappa shape index (κ1) is 18.5. The second-order valence-electron chi connectivity index (χ2n) is 5.44. The van der Waals surface area contributed by atoms with Gasteiger partial charge in [-0.05, 0) is 36.4 Å². The number of carbonyl (C=O) groups excluding carboxylic acids is 2. The Labute approximate surface area is 147 Å². The van der Waals surface area contributed by atoms with E-state index in [1.807, 2.05) is 30.3 Å². The lowest BCUT2D eigenvalue weighted by atomic mass is 10.2. The van der Waals surface area contributed by atoms with Gasteiger partial charge in [0.05, 0.1) is 13.2 Å². The summed E-state index contributed by atoms with van der Waals surface area (Å²) in [6.07, 6.45) is 0. The van der Waals surface area contributed by atoms with Crippen LogP contribution in [0.15, 0.2) is 54.6 Å². The number of benzene rings is 2. The Hall–Kier alpha value is -2.86. The first-order valence-corrected chi connectivity index (χ1v) is 7.94. The van der Waals surface area contributed by atoms with E-state index in [2.05, 4.69) is 5.32 Å². The molecule has 0 heterocycles. The third-order valence-electron chi connectivity index (χ3n) is 3.44. The quantitative estimate of drug-likeness (QED) is 0.748. The van der Waals surface area contributed by atoms with Crippen LogP contribution in [0, 0.1) is 0 Å². The summed E-state index contributed by atoms with van der Waals surface area (Å²) in [6, 6.07) is 16.2. The Kier molecular flexibility index (Phi) is 6.98. The molecule has 0 atom stereocenters. The zero-order valence-corrected chi connectivity index (χ0v) is 14.4. The number of amides is 2. The Balaban J connectivity index is 1.89. The van der Waals surface area contributed by atoms with Crippen LogP contribution in [-0.2, 0) is 9.53 Å². The zero-order chi connectivity index (χ0) is 18.1. The first-order chi connectivity index (χ1) is 12.1. The lowest BCUT2D eigenvalue weighted by molar-refractivity contribution is -0.121. The molecule has 0 aromatic heterocycles. The molecule has 6 heteroatoms. The molecule has 2 rings (SSSR count). The molecule has 132 valence electrons. The zero-order valence-electron chi connectivity index (χ0n) is 14.4. The highest BCUT2D eigenvalue weighted by Crippen LogP contribution is 2.21. The van der Waals surface area contributed by atoms with Gasteiger partial charge in [-0.1, -0.05) is 18.2 Å². The predicted octanol–water partition coefficient (Wildman–Crippen LogP) is 2.31. The molecule has 6 nitrogen and oxygen atoms in total. The second-order valence-corrected chi connectivity index (χ2v) is 5.44. The smallest absolute Gasteiger partial charge is 0.254 e. The Bertz CT molecular complexity index is 686. The van der Waals surface area contributed by atoms with Crippen LogP contribution >= 0.6 is 0 Å². The van der Waals surface area contributed by atoms with E-state index in [-0.39, 0.29) is 18.4 Å². The van der Waals surface area contributed by atoms with Gasteiger partial charge in [-0.3, -0.25) is 9.59 Å². The molecule has 0 bridgehead atoms. The van der Waals surface area contributed by atoms with Crippen LogP contribution in [0.3, 0.4) is 0 Å². The van der Waals surface area contributed by atoms with Crippen molar-refractivity contribution < 1.29 is 19.1 Å². The number of nitrogens with one attached hydrogen (secondary N) is 1. The number of hydrogen-bond acceptors (Lipinski definition) is 4. The van der Waals surface area contributed by atoms with Gasteiger partial charge in [0.2, 0.25) is 5.91 Å². The molecule has 0 unspecified atom stereocenters. The minimum atomic E-state index is -0.229. The van der Waals surface area contributed by atoms with Gasteiger partial charge in [-0.25, -0.2) is 0 Å². The number of ether oxygens (including phenoxy) is 2. The molecule has 2 aromatic rings. The van der Waals surface area contributed by atoms with E-state index in [9.17, 15) is 9.59 Å². The molecule has 0 radical (unpaired) electrons. The minimum Gasteiger partial charge on any atom is -0.457 e. The third-order valence-corrected chi connectivity index (χ3v) is 3.44. The van der Waals surface area contributed by atoms with Gasteiger partial charge in [0.25, 0.3) is 5.91 Å². The third kappa shape index (κ3) is 5.93. The molecule has 25 heavy (non-hydrogen) atoms. The van der Waals surface area contributed by atoms with Crippen LogP contribution in [-0.4, -0.2) is 50.6 Å². The van der Waals surface area contributed by atoms with Crippen molar-refractivity contribution in [2.75, 3.05) is 33.9 Å². The maximum Gasteiger partial charge on any atom is 0.254 e. The van der Waals surface area contributed by atoms with Crippen molar-refractivity contribution in [2.24, 2.45) is 0 Å². The van der Waals surface area contributed by atoms with Crippen molar-refractivity contribution in [1.29, 1.82) is 0 Å². The summed E-state index contributed by atoms with van der Waals surface area (Å²) in [5, 5.41) is 2.68. The molecule has 0 saturated carbocycles. The van der Waals surface area contributed by atoms with Gasteiger partial charge in [0, 0.05) is 26.3 Å². The van der Waals surface area contributed by atoms with Crippen molar-refractivity contribution in [3.8, 4) is 11.5 Å². The number of methoxy groups -OCH3 is 1.